The van der Waals surface area contributed by atoms with E-state index in [4.69, 9.17) is 0 Å². The summed E-state index contributed by atoms with van der Waals surface area (Å²) < 4.78 is 0. The predicted octanol–water partition coefficient (Wildman–Crippen LogP) is 4.09. The third kappa shape index (κ3) is 2.14. The topological polar surface area (TPSA) is 57.5 Å². The molecule has 0 amide bonds. The molecular formula is C20H32O3. The lowest BCUT2D eigenvalue weighted by molar-refractivity contribution is -0.154. The molecule has 4 saturated carbocycles. The van der Waals surface area contributed by atoms with Gasteiger partial charge in [-0.3, -0.25) is 4.79 Å². The molecule has 0 radical (unpaired) electrons. The Kier molecular flexibility index (Phi) is 3.61. The van der Waals surface area contributed by atoms with Crippen molar-refractivity contribution in [2.24, 2.45) is 40.4 Å². The molecule has 4 rings (SSSR count). The molecule has 0 heterocycles. The van der Waals surface area contributed by atoms with E-state index in [1.54, 1.807) is 0 Å². The second-order valence-corrected chi connectivity index (χ2v) is 9.60. The van der Waals surface area contributed by atoms with E-state index in [2.05, 4.69) is 13.8 Å². The van der Waals surface area contributed by atoms with Crippen LogP contribution in [0.15, 0.2) is 0 Å². The lowest BCUT2D eigenvalue weighted by Crippen LogP contribution is -2.54. The van der Waals surface area contributed by atoms with Gasteiger partial charge in [-0.15, -0.1) is 0 Å². The number of fused-ring (bicyclic) bond motifs is 5. The summed E-state index contributed by atoms with van der Waals surface area (Å²) in [6, 6.07) is 0. The molecule has 2 unspecified atom stereocenters. The number of hydrogen-bond donors (Lipinski definition) is 2. The smallest absolute Gasteiger partial charge is 0.307 e. The molecule has 0 aromatic rings. The molecule has 0 bridgehead atoms. The number of carbonyl (C=O) groups is 1. The van der Waals surface area contributed by atoms with Crippen LogP contribution in [-0.2, 0) is 4.79 Å². The van der Waals surface area contributed by atoms with Crippen molar-refractivity contribution in [2.45, 2.75) is 77.7 Å². The van der Waals surface area contributed by atoms with E-state index in [-0.39, 0.29) is 17.4 Å². The van der Waals surface area contributed by atoms with E-state index in [0.29, 0.717) is 17.3 Å². The fraction of sp³-hybridized carbons (Fsp3) is 0.950. The van der Waals surface area contributed by atoms with Crippen LogP contribution in [0.1, 0.15) is 71.6 Å². The number of aliphatic carboxylic acids is 1. The summed E-state index contributed by atoms with van der Waals surface area (Å²) in [5.74, 6) is 2.12. The first-order valence-corrected chi connectivity index (χ1v) is 9.77. The van der Waals surface area contributed by atoms with Crippen molar-refractivity contribution in [1.82, 2.24) is 0 Å². The summed E-state index contributed by atoms with van der Waals surface area (Å²) in [6.45, 7) is 4.77. The second kappa shape index (κ2) is 5.21. The molecule has 2 N–H and O–H groups in total. The third-order valence-electron chi connectivity index (χ3n) is 8.94. The minimum atomic E-state index is -0.561. The van der Waals surface area contributed by atoms with Crippen molar-refractivity contribution in [3.05, 3.63) is 0 Å². The van der Waals surface area contributed by atoms with E-state index >= 15 is 0 Å². The first-order valence-electron chi connectivity index (χ1n) is 9.77. The normalized spacial score (nSPS) is 55.6. The van der Waals surface area contributed by atoms with Crippen LogP contribution < -0.4 is 0 Å². The van der Waals surface area contributed by atoms with Crippen molar-refractivity contribution in [3.63, 3.8) is 0 Å². The lowest BCUT2D eigenvalue weighted by atomic mass is 9.44. The molecule has 23 heavy (non-hydrogen) atoms. The van der Waals surface area contributed by atoms with Crippen molar-refractivity contribution >= 4 is 5.97 Å². The summed E-state index contributed by atoms with van der Waals surface area (Å²) in [4.78, 5) is 11.7. The molecule has 0 saturated heterocycles. The van der Waals surface area contributed by atoms with Gasteiger partial charge in [-0.1, -0.05) is 13.8 Å². The average Bonchev–Trinajstić information content (AvgIpc) is 2.85. The first kappa shape index (κ1) is 15.9. The van der Waals surface area contributed by atoms with Crippen molar-refractivity contribution < 1.29 is 15.0 Å². The second-order valence-electron chi connectivity index (χ2n) is 9.60. The molecule has 3 nitrogen and oxygen atoms in total. The Balaban J connectivity index is 1.61. The van der Waals surface area contributed by atoms with Gasteiger partial charge >= 0.3 is 5.97 Å². The van der Waals surface area contributed by atoms with Gasteiger partial charge in [-0.05, 0) is 92.3 Å². The van der Waals surface area contributed by atoms with E-state index in [1.165, 1.54) is 25.7 Å². The Labute approximate surface area is 139 Å². The van der Waals surface area contributed by atoms with Gasteiger partial charge in [0.1, 0.15) is 0 Å². The number of rotatable bonds is 1. The average molecular weight is 320 g/mol. The SMILES string of the molecule is C[C@]12CCC3[C@@H](CC[C@@H]4C[C@H](O)CC[C@]34C)C1CC[C@@H]2C(=O)O. The highest BCUT2D eigenvalue weighted by Gasteiger charge is 2.61. The molecule has 4 aliphatic rings. The molecule has 0 aromatic heterocycles. The molecule has 130 valence electrons. The number of hydrogen-bond acceptors (Lipinski definition) is 2. The minimum absolute atomic E-state index is 0.0321. The number of aliphatic hydroxyl groups excluding tert-OH is 1. The van der Waals surface area contributed by atoms with Gasteiger partial charge in [-0.2, -0.15) is 0 Å². The van der Waals surface area contributed by atoms with Gasteiger partial charge in [0.25, 0.3) is 0 Å². The highest BCUT2D eigenvalue weighted by atomic mass is 16.4. The minimum Gasteiger partial charge on any atom is -0.481 e. The van der Waals surface area contributed by atoms with Gasteiger partial charge in [-0.25, -0.2) is 0 Å². The Morgan fingerprint density at radius 2 is 1.61 bits per heavy atom. The maximum atomic E-state index is 11.7. The maximum absolute atomic E-state index is 11.7. The van der Waals surface area contributed by atoms with Crippen LogP contribution in [0.3, 0.4) is 0 Å². The molecule has 0 aromatic carbocycles. The fourth-order valence-corrected chi connectivity index (χ4v) is 7.64. The summed E-state index contributed by atoms with van der Waals surface area (Å²) in [5.41, 5.74) is 0.426. The third-order valence-corrected chi connectivity index (χ3v) is 8.94. The van der Waals surface area contributed by atoms with E-state index in [0.717, 1.165) is 43.9 Å². The summed E-state index contributed by atoms with van der Waals surface area (Å²) >= 11 is 0. The van der Waals surface area contributed by atoms with Gasteiger partial charge < -0.3 is 10.2 Å². The zero-order valence-electron chi connectivity index (χ0n) is 14.6. The highest BCUT2D eigenvalue weighted by molar-refractivity contribution is 5.71. The molecule has 8 atom stereocenters. The van der Waals surface area contributed by atoms with Gasteiger partial charge in [0.15, 0.2) is 0 Å². The van der Waals surface area contributed by atoms with Crippen LogP contribution in [0.5, 0.6) is 0 Å². The Morgan fingerprint density at radius 1 is 0.913 bits per heavy atom. The number of aliphatic hydroxyl groups is 1. The van der Waals surface area contributed by atoms with Crippen LogP contribution in [0.4, 0.5) is 0 Å². The number of carboxylic acid groups (broad SMARTS) is 1. The molecular weight excluding hydrogens is 288 g/mol. The zero-order chi connectivity index (χ0) is 16.4. The first-order chi connectivity index (χ1) is 10.9. The Hall–Kier alpha value is -0.570. The highest BCUT2D eigenvalue weighted by Crippen LogP contribution is 2.67. The van der Waals surface area contributed by atoms with Gasteiger partial charge in [0.2, 0.25) is 0 Å². The molecule has 3 heteroatoms. The largest absolute Gasteiger partial charge is 0.481 e. The molecule has 4 fully saturated rings. The quantitative estimate of drug-likeness (QED) is 0.765. The van der Waals surface area contributed by atoms with Crippen LogP contribution in [-0.4, -0.2) is 22.3 Å². The van der Waals surface area contributed by atoms with Crippen molar-refractivity contribution in [3.8, 4) is 0 Å². The number of carboxylic acids is 1. The Bertz CT molecular complexity index is 503. The standard InChI is InChI=1S/C20H32O3/c1-19-9-7-13(21)11-12(19)3-4-14-15-5-6-17(18(22)23)20(15,2)10-8-16(14)19/h12-17,21H,3-11H2,1-2H3,(H,22,23)/t12-,13-,14+,15?,16?,17-,19+,20+/m1/s1. The summed E-state index contributed by atoms with van der Waals surface area (Å²) in [5, 5.41) is 19.7. The van der Waals surface area contributed by atoms with Crippen LogP contribution in [0, 0.1) is 40.4 Å². The molecule has 0 aliphatic heterocycles. The van der Waals surface area contributed by atoms with Gasteiger partial charge in [0.05, 0.1) is 12.0 Å². The Morgan fingerprint density at radius 3 is 2.35 bits per heavy atom. The maximum Gasteiger partial charge on any atom is 0.307 e. The monoisotopic (exact) mass is 320 g/mol. The predicted molar refractivity (Wildman–Crippen MR) is 88.9 cm³/mol. The van der Waals surface area contributed by atoms with Crippen LogP contribution >= 0.6 is 0 Å². The van der Waals surface area contributed by atoms with Crippen LogP contribution in [0.2, 0.25) is 0 Å². The fourth-order valence-electron chi connectivity index (χ4n) is 7.64. The van der Waals surface area contributed by atoms with Crippen LogP contribution in [0.25, 0.3) is 0 Å². The lowest BCUT2D eigenvalue weighted by Gasteiger charge is -2.60. The van der Waals surface area contributed by atoms with Crippen molar-refractivity contribution in [1.29, 1.82) is 0 Å². The van der Waals surface area contributed by atoms with Crippen molar-refractivity contribution in [2.75, 3.05) is 0 Å². The van der Waals surface area contributed by atoms with E-state index in [9.17, 15) is 15.0 Å². The molecule has 0 spiro atoms. The van der Waals surface area contributed by atoms with Gasteiger partial charge in [0, 0.05) is 0 Å². The summed E-state index contributed by atoms with van der Waals surface area (Å²) in [6.07, 6.45) is 9.90. The molecule has 4 aliphatic carbocycles. The van der Waals surface area contributed by atoms with E-state index < -0.39 is 5.97 Å². The van der Waals surface area contributed by atoms with E-state index in [1.807, 2.05) is 0 Å². The zero-order valence-corrected chi connectivity index (χ0v) is 14.6. The summed E-state index contributed by atoms with van der Waals surface area (Å²) in [7, 11) is 0.